The van der Waals surface area contributed by atoms with E-state index in [9.17, 15) is 9.59 Å². The van der Waals surface area contributed by atoms with Crippen molar-refractivity contribution in [3.05, 3.63) is 75.7 Å². The van der Waals surface area contributed by atoms with Crippen molar-refractivity contribution in [2.24, 2.45) is 0 Å². The predicted molar refractivity (Wildman–Crippen MR) is 90.7 cm³/mol. The lowest BCUT2D eigenvalue weighted by Crippen LogP contribution is -2.15. The number of carbonyl (C=O) groups is 1. The lowest BCUT2D eigenvalue weighted by molar-refractivity contribution is 0.102. The Morgan fingerprint density at radius 3 is 2.52 bits per heavy atom. The number of carbonyl (C=O) groups excluding carboxylic acids is 1. The fourth-order valence-corrected chi connectivity index (χ4v) is 3.01. The second-order valence-electron chi connectivity index (χ2n) is 4.70. The summed E-state index contributed by atoms with van der Waals surface area (Å²) in [6.07, 6.45) is 0. The Kier molecular flexibility index (Phi) is 4.64. The van der Waals surface area contributed by atoms with E-state index in [0.29, 0.717) is 21.4 Å². The molecule has 1 N–H and O–H groups in total. The molecular formula is C16H12ClN3O2S. The third-order valence-electron chi connectivity index (χ3n) is 3.15. The van der Waals surface area contributed by atoms with Crippen molar-refractivity contribution in [2.45, 2.75) is 5.16 Å². The van der Waals surface area contributed by atoms with Gasteiger partial charge in [0.25, 0.3) is 0 Å². The predicted octanol–water partition coefficient (Wildman–Crippen LogP) is 3.19. The molecular weight excluding hydrogens is 334 g/mol. The summed E-state index contributed by atoms with van der Waals surface area (Å²) in [5.74, 6) is 0.125. The number of aromatic amines is 1. The van der Waals surface area contributed by atoms with Gasteiger partial charge in [-0.25, -0.2) is 14.5 Å². The first-order valence-electron chi connectivity index (χ1n) is 6.79. The smallest absolute Gasteiger partial charge is 0.293 e. The molecule has 23 heavy (non-hydrogen) atoms. The number of aromatic nitrogens is 3. The van der Waals surface area contributed by atoms with Crippen LogP contribution in [-0.4, -0.2) is 26.3 Å². The van der Waals surface area contributed by atoms with Crippen LogP contribution >= 0.6 is 23.4 Å². The number of benzene rings is 2. The van der Waals surface area contributed by atoms with Crippen LogP contribution in [0.5, 0.6) is 0 Å². The number of hydrogen-bond acceptors (Lipinski definition) is 4. The van der Waals surface area contributed by atoms with Crippen molar-refractivity contribution in [1.29, 1.82) is 0 Å². The Balaban J connectivity index is 1.78. The fraction of sp³-hybridized carbons (Fsp3) is 0.0625. The van der Waals surface area contributed by atoms with Crippen LogP contribution in [0.2, 0.25) is 5.02 Å². The first kappa shape index (κ1) is 15.6. The third kappa shape index (κ3) is 3.55. The normalized spacial score (nSPS) is 10.7. The van der Waals surface area contributed by atoms with E-state index in [2.05, 4.69) is 10.2 Å². The van der Waals surface area contributed by atoms with Crippen molar-refractivity contribution in [1.82, 2.24) is 14.8 Å². The van der Waals surface area contributed by atoms with Crippen molar-refractivity contribution < 1.29 is 4.79 Å². The molecule has 0 aliphatic carbocycles. The van der Waals surface area contributed by atoms with E-state index >= 15 is 0 Å². The molecule has 0 saturated heterocycles. The average Bonchev–Trinajstić information content (AvgIpc) is 2.95. The van der Waals surface area contributed by atoms with Crippen LogP contribution in [0.4, 0.5) is 0 Å². The Morgan fingerprint density at radius 2 is 1.83 bits per heavy atom. The molecule has 7 heteroatoms. The zero-order chi connectivity index (χ0) is 16.2. The van der Waals surface area contributed by atoms with Gasteiger partial charge >= 0.3 is 5.69 Å². The van der Waals surface area contributed by atoms with E-state index in [1.54, 1.807) is 24.3 Å². The van der Waals surface area contributed by atoms with Crippen LogP contribution in [0.3, 0.4) is 0 Å². The first-order valence-corrected chi connectivity index (χ1v) is 8.16. The van der Waals surface area contributed by atoms with Crippen molar-refractivity contribution >= 4 is 29.1 Å². The fourth-order valence-electron chi connectivity index (χ4n) is 2.03. The van der Waals surface area contributed by atoms with Gasteiger partial charge in [0, 0.05) is 10.6 Å². The van der Waals surface area contributed by atoms with E-state index < -0.39 is 0 Å². The maximum atomic E-state index is 12.2. The van der Waals surface area contributed by atoms with Crippen molar-refractivity contribution in [3.63, 3.8) is 0 Å². The minimum Gasteiger partial charge on any atom is -0.293 e. The average molecular weight is 346 g/mol. The Morgan fingerprint density at radius 1 is 1.13 bits per heavy atom. The van der Waals surface area contributed by atoms with Gasteiger partial charge in [-0.05, 0) is 36.4 Å². The maximum Gasteiger partial charge on any atom is 0.348 e. The second kappa shape index (κ2) is 6.85. The van der Waals surface area contributed by atoms with E-state index in [1.165, 1.54) is 16.3 Å². The van der Waals surface area contributed by atoms with E-state index in [0.717, 1.165) is 0 Å². The SMILES string of the molecule is O=C(CSc1n[nH]c(=O)n1-c1ccccc1)c1ccc(Cl)cc1. The lowest BCUT2D eigenvalue weighted by Gasteiger charge is -2.05. The molecule has 3 aromatic rings. The summed E-state index contributed by atoms with van der Waals surface area (Å²) in [6, 6.07) is 15.9. The number of halogens is 1. The molecule has 1 aromatic heterocycles. The largest absolute Gasteiger partial charge is 0.348 e. The Hall–Kier alpha value is -2.31. The van der Waals surface area contributed by atoms with Crippen LogP contribution in [0.25, 0.3) is 5.69 Å². The highest BCUT2D eigenvalue weighted by Crippen LogP contribution is 2.19. The molecule has 0 bridgehead atoms. The van der Waals surface area contributed by atoms with Crippen LogP contribution in [0, 0.1) is 0 Å². The minimum atomic E-state index is -0.336. The molecule has 0 spiro atoms. The standard InChI is InChI=1S/C16H12ClN3O2S/c17-12-8-6-11(7-9-12)14(21)10-23-16-19-18-15(22)20(16)13-4-2-1-3-5-13/h1-9H,10H2,(H,18,22). The quantitative estimate of drug-likeness (QED) is 0.569. The number of ketones is 1. The molecule has 0 fully saturated rings. The number of thioether (sulfide) groups is 1. The van der Waals surface area contributed by atoms with Gasteiger partial charge < -0.3 is 0 Å². The van der Waals surface area contributed by atoms with Gasteiger partial charge in [0.2, 0.25) is 0 Å². The molecule has 2 aromatic carbocycles. The van der Waals surface area contributed by atoms with Gasteiger partial charge in [0.15, 0.2) is 10.9 Å². The Bertz CT molecular complexity index is 872. The highest BCUT2D eigenvalue weighted by molar-refractivity contribution is 7.99. The van der Waals surface area contributed by atoms with Gasteiger partial charge in [-0.15, -0.1) is 5.10 Å². The van der Waals surface area contributed by atoms with Gasteiger partial charge in [-0.3, -0.25) is 4.79 Å². The summed E-state index contributed by atoms with van der Waals surface area (Å²) >= 11 is 7.02. The summed E-state index contributed by atoms with van der Waals surface area (Å²) in [5, 5.41) is 7.43. The highest BCUT2D eigenvalue weighted by Gasteiger charge is 2.13. The summed E-state index contributed by atoms with van der Waals surface area (Å²) < 4.78 is 1.44. The van der Waals surface area contributed by atoms with Crippen LogP contribution in [0.15, 0.2) is 64.5 Å². The second-order valence-corrected chi connectivity index (χ2v) is 6.08. The van der Waals surface area contributed by atoms with Gasteiger partial charge in [0.05, 0.1) is 11.4 Å². The van der Waals surface area contributed by atoms with Crippen molar-refractivity contribution in [2.75, 3.05) is 5.75 Å². The number of rotatable bonds is 5. The molecule has 1 heterocycles. The molecule has 0 unspecified atom stereocenters. The number of H-pyrrole nitrogens is 1. The monoisotopic (exact) mass is 345 g/mol. The summed E-state index contributed by atoms with van der Waals surface area (Å²) in [5.41, 5.74) is 0.941. The molecule has 0 aliphatic rings. The molecule has 0 saturated carbocycles. The number of hydrogen-bond donors (Lipinski definition) is 1. The van der Waals surface area contributed by atoms with Crippen LogP contribution in [-0.2, 0) is 0 Å². The lowest BCUT2D eigenvalue weighted by atomic mass is 10.1. The van der Waals surface area contributed by atoms with Crippen LogP contribution in [0.1, 0.15) is 10.4 Å². The Labute approximate surface area is 141 Å². The molecule has 116 valence electrons. The van der Waals surface area contributed by atoms with Gasteiger partial charge in [-0.1, -0.05) is 41.6 Å². The van der Waals surface area contributed by atoms with E-state index in [4.69, 9.17) is 11.6 Å². The molecule has 0 amide bonds. The summed E-state index contributed by atoms with van der Waals surface area (Å²) in [7, 11) is 0. The third-order valence-corrected chi connectivity index (χ3v) is 4.35. The molecule has 0 radical (unpaired) electrons. The number of nitrogens with zero attached hydrogens (tertiary/aromatic N) is 2. The molecule has 0 aliphatic heterocycles. The number of Topliss-reactive ketones (excluding diaryl/α,β-unsaturated/α-hetero) is 1. The van der Waals surface area contributed by atoms with E-state index in [-0.39, 0.29) is 17.2 Å². The molecule has 0 atom stereocenters. The van der Waals surface area contributed by atoms with Gasteiger partial charge in [0.1, 0.15) is 0 Å². The van der Waals surface area contributed by atoms with Crippen molar-refractivity contribution in [3.8, 4) is 5.69 Å². The van der Waals surface area contributed by atoms with E-state index in [1.807, 2.05) is 30.3 Å². The number of para-hydroxylation sites is 1. The number of nitrogens with one attached hydrogen (secondary N) is 1. The zero-order valence-corrected chi connectivity index (χ0v) is 13.5. The van der Waals surface area contributed by atoms with Crippen LogP contribution < -0.4 is 5.69 Å². The van der Waals surface area contributed by atoms with Gasteiger partial charge in [-0.2, -0.15) is 0 Å². The maximum absolute atomic E-state index is 12.2. The first-order chi connectivity index (χ1) is 11.1. The topological polar surface area (TPSA) is 67.8 Å². The summed E-state index contributed by atoms with van der Waals surface area (Å²) in [4.78, 5) is 24.1. The molecule has 5 nitrogen and oxygen atoms in total. The highest BCUT2D eigenvalue weighted by atomic mass is 35.5. The zero-order valence-electron chi connectivity index (χ0n) is 11.9. The minimum absolute atomic E-state index is 0.0540. The summed E-state index contributed by atoms with van der Waals surface area (Å²) in [6.45, 7) is 0. The molecule has 3 rings (SSSR count).